The number of rotatable bonds is 16. The number of hydrogen-bond acceptors (Lipinski definition) is 9. The van der Waals surface area contributed by atoms with Crippen LogP contribution in [0.25, 0.3) is 0 Å². The van der Waals surface area contributed by atoms with Gasteiger partial charge in [0.15, 0.2) is 0 Å². The molecular weight excluding hydrogens is 657 g/mol. The minimum atomic E-state index is -4.23. The molecule has 0 saturated carbocycles. The summed E-state index contributed by atoms with van der Waals surface area (Å²) in [6.07, 6.45) is 0.133. The van der Waals surface area contributed by atoms with E-state index in [0.29, 0.717) is 11.1 Å². The Morgan fingerprint density at radius 1 is 0.542 bits per heavy atom. The Morgan fingerprint density at radius 3 is 1.23 bits per heavy atom. The molecule has 0 fully saturated rings. The molecule has 0 aliphatic rings. The first-order valence-electron chi connectivity index (χ1n) is 15.0. The molecule has 0 radical (unpaired) electrons. The lowest BCUT2D eigenvalue weighted by Crippen LogP contribution is -2.31. The number of carbonyl (C=O) groups excluding carboxylic acids is 3. The van der Waals surface area contributed by atoms with E-state index in [1.807, 2.05) is 0 Å². The second kappa shape index (κ2) is 16.4. The van der Waals surface area contributed by atoms with Gasteiger partial charge in [0.05, 0.1) is 35.1 Å². The van der Waals surface area contributed by atoms with Crippen molar-refractivity contribution in [1.82, 2.24) is 9.44 Å². The fraction of sp³-hybridized carbons (Fsp3) is 0.229. The minimum Gasteiger partial charge on any atom is -0.465 e. The van der Waals surface area contributed by atoms with Gasteiger partial charge in [-0.1, -0.05) is 84.9 Å². The number of esters is 2. The Hall–Kier alpha value is -4.69. The van der Waals surface area contributed by atoms with Gasteiger partial charge >= 0.3 is 11.9 Å². The van der Waals surface area contributed by atoms with Crippen molar-refractivity contribution in [3.8, 4) is 0 Å². The number of ketones is 1. The molecule has 0 aliphatic carbocycles. The smallest absolute Gasteiger partial charge is 0.339 e. The number of carbonyl (C=O) groups is 3. The summed E-state index contributed by atoms with van der Waals surface area (Å²) in [5, 5.41) is 0. The van der Waals surface area contributed by atoms with Crippen molar-refractivity contribution in [2.24, 2.45) is 0 Å². The molecule has 4 aromatic carbocycles. The van der Waals surface area contributed by atoms with Gasteiger partial charge in [0, 0.05) is 24.9 Å². The molecule has 2 atom stereocenters. The van der Waals surface area contributed by atoms with Crippen molar-refractivity contribution in [1.29, 1.82) is 0 Å². The van der Waals surface area contributed by atoms with Crippen LogP contribution in [0.2, 0.25) is 0 Å². The summed E-state index contributed by atoms with van der Waals surface area (Å²) in [5.41, 5.74) is 0.977. The highest BCUT2D eigenvalue weighted by atomic mass is 32.2. The predicted molar refractivity (Wildman–Crippen MR) is 178 cm³/mol. The summed E-state index contributed by atoms with van der Waals surface area (Å²) in [6.45, 7) is 0. The summed E-state index contributed by atoms with van der Waals surface area (Å²) in [7, 11) is -6.15. The molecule has 252 valence electrons. The highest BCUT2D eigenvalue weighted by molar-refractivity contribution is 7.89. The van der Waals surface area contributed by atoms with Crippen molar-refractivity contribution in [2.45, 2.75) is 47.6 Å². The van der Waals surface area contributed by atoms with E-state index in [9.17, 15) is 31.2 Å². The van der Waals surface area contributed by atoms with E-state index >= 15 is 0 Å². The Morgan fingerprint density at radius 2 is 0.875 bits per heavy atom. The number of benzene rings is 4. The summed E-state index contributed by atoms with van der Waals surface area (Å²) < 4.78 is 68.8. The summed E-state index contributed by atoms with van der Waals surface area (Å²) in [4.78, 5) is 37.3. The van der Waals surface area contributed by atoms with Gasteiger partial charge in [0.25, 0.3) is 0 Å². The molecule has 0 aromatic heterocycles. The zero-order valence-electron chi connectivity index (χ0n) is 26.4. The first-order chi connectivity index (χ1) is 23.0. The quantitative estimate of drug-likeness (QED) is 0.152. The topological polar surface area (TPSA) is 162 Å². The molecule has 4 rings (SSSR count). The van der Waals surface area contributed by atoms with Gasteiger partial charge in [-0.15, -0.1) is 0 Å². The van der Waals surface area contributed by atoms with Crippen LogP contribution in [-0.2, 0) is 34.3 Å². The SMILES string of the molecule is COC(=O)c1ccccc1S(=O)(=O)NC(CCC(=O)CCC(NS(=O)(=O)c1ccccc1C(=O)OC)c1ccccc1)c1ccccc1. The Bertz CT molecular complexity index is 1810. The lowest BCUT2D eigenvalue weighted by molar-refractivity contribution is -0.119. The van der Waals surface area contributed by atoms with E-state index in [1.165, 1.54) is 48.5 Å². The highest BCUT2D eigenvalue weighted by Crippen LogP contribution is 2.27. The maximum Gasteiger partial charge on any atom is 0.339 e. The van der Waals surface area contributed by atoms with Crippen LogP contribution in [0.5, 0.6) is 0 Å². The fourth-order valence-corrected chi connectivity index (χ4v) is 8.06. The van der Waals surface area contributed by atoms with E-state index in [0.717, 1.165) is 14.2 Å². The van der Waals surface area contributed by atoms with Gasteiger partial charge < -0.3 is 9.47 Å². The van der Waals surface area contributed by atoms with Gasteiger partial charge in [-0.05, 0) is 48.2 Å². The third-order valence-corrected chi connectivity index (χ3v) is 10.6. The lowest BCUT2D eigenvalue weighted by Gasteiger charge is -2.21. The predicted octanol–water partition coefficient (Wildman–Crippen LogP) is 5.13. The first kappa shape index (κ1) is 36.2. The monoisotopic (exact) mass is 692 g/mol. The molecule has 2 unspecified atom stereocenters. The molecule has 0 aliphatic heterocycles. The molecule has 0 amide bonds. The van der Waals surface area contributed by atoms with Crippen LogP contribution >= 0.6 is 0 Å². The van der Waals surface area contributed by atoms with Gasteiger partial charge in [-0.3, -0.25) is 4.79 Å². The molecule has 0 heterocycles. The van der Waals surface area contributed by atoms with Gasteiger partial charge in [0.1, 0.15) is 5.78 Å². The van der Waals surface area contributed by atoms with Gasteiger partial charge in [-0.2, -0.15) is 0 Å². The van der Waals surface area contributed by atoms with E-state index in [-0.39, 0.29) is 52.4 Å². The molecule has 0 spiro atoms. The van der Waals surface area contributed by atoms with E-state index in [4.69, 9.17) is 9.47 Å². The molecule has 13 heteroatoms. The number of ether oxygens (including phenoxy) is 2. The summed E-state index contributed by atoms with van der Waals surface area (Å²) in [6, 6.07) is 27.2. The third-order valence-electron chi connectivity index (χ3n) is 7.59. The Labute approximate surface area is 280 Å². The van der Waals surface area contributed by atoms with Crippen LogP contribution in [0.3, 0.4) is 0 Å². The van der Waals surface area contributed by atoms with Crippen LogP contribution in [-0.4, -0.2) is 48.8 Å². The van der Waals surface area contributed by atoms with Gasteiger partial charge in [0.2, 0.25) is 20.0 Å². The zero-order chi connectivity index (χ0) is 34.7. The highest BCUT2D eigenvalue weighted by Gasteiger charge is 2.29. The largest absolute Gasteiger partial charge is 0.465 e. The lowest BCUT2D eigenvalue weighted by atomic mass is 9.97. The number of nitrogens with one attached hydrogen (secondary N) is 2. The third kappa shape index (κ3) is 9.22. The van der Waals surface area contributed by atoms with Crippen molar-refractivity contribution >= 4 is 37.8 Å². The normalized spacial score (nSPS) is 12.9. The van der Waals surface area contributed by atoms with E-state index in [2.05, 4.69) is 9.44 Å². The molecule has 0 saturated heterocycles. The average Bonchev–Trinajstić information content (AvgIpc) is 3.11. The standard InChI is InChI=1S/C35H36N2O9S2/c1-45-34(39)28-17-9-11-19-32(28)47(41,42)36-30(25-13-5-3-6-14-25)23-21-27(38)22-24-31(26-15-7-4-8-16-26)37-48(43,44)33-20-12-10-18-29(33)35(40)46-2/h3-20,30-31,36-37H,21-24H2,1-2H3. The molecule has 0 bridgehead atoms. The Balaban J connectivity index is 1.51. The summed E-state index contributed by atoms with van der Waals surface area (Å²) >= 11 is 0. The number of Topliss-reactive ketones (excluding diaryl/α,β-unsaturated/α-hetero) is 1. The molecule has 11 nitrogen and oxygen atoms in total. The van der Waals surface area contributed by atoms with E-state index < -0.39 is 44.1 Å². The molecule has 2 N–H and O–H groups in total. The van der Waals surface area contributed by atoms with Crippen molar-refractivity contribution in [3.63, 3.8) is 0 Å². The Kier molecular flexibility index (Phi) is 12.4. The van der Waals surface area contributed by atoms with Crippen LogP contribution in [0.1, 0.15) is 69.6 Å². The average molecular weight is 693 g/mol. The van der Waals surface area contributed by atoms with Crippen molar-refractivity contribution in [2.75, 3.05) is 14.2 Å². The van der Waals surface area contributed by atoms with Crippen molar-refractivity contribution in [3.05, 3.63) is 131 Å². The zero-order valence-corrected chi connectivity index (χ0v) is 28.0. The van der Waals surface area contributed by atoms with Crippen molar-refractivity contribution < 1.29 is 40.7 Å². The first-order valence-corrected chi connectivity index (χ1v) is 17.9. The fourth-order valence-electron chi connectivity index (χ4n) is 5.15. The van der Waals surface area contributed by atoms with Crippen LogP contribution in [0, 0.1) is 0 Å². The minimum absolute atomic E-state index is 0.0276. The maximum atomic E-state index is 13.5. The molecular formula is C35H36N2O9S2. The molecule has 4 aromatic rings. The second-order valence-corrected chi connectivity index (χ2v) is 14.1. The summed E-state index contributed by atoms with van der Waals surface area (Å²) in [5.74, 6) is -1.83. The maximum absolute atomic E-state index is 13.5. The van der Waals surface area contributed by atoms with Crippen LogP contribution in [0.4, 0.5) is 0 Å². The van der Waals surface area contributed by atoms with Gasteiger partial charge in [-0.25, -0.2) is 35.9 Å². The van der Waals surface area contributed by atoms with Crippen LogP contribution < -0.4 is 9.44 Å². The molecule has 48 heavy (non-hydrogen) atoms. The number of sulfonamides is 2. The number of hydrogen-bond donors (Lipinski definition) is 2. The van der Waals surface area contributed by atoms with E-state index in [1.54, 1.807) is 60.7 Å². The number of methoxy groups -OCH3 is 2. The second-order valence-electron chi connectivity index (χ2n) is 10.8. The van der Waals surface area contributed by atoms with Crippen LogP contribution in [0.15, 0.2) is 119 Å².